The predicted octanol–water partition coefficient (Wildman–Crippen LogP) is 2.53. The van der Waals surface area contributed by atoms with Gasteiger partial charge in [-0.3, -0.25) is 9.59 Å². The number of aromatic amines is 1. The normalized spacial score (nSPS) is 10.8. The first-order chi connectivity index (χ1) is 10.5. The van der Waals surface area contributed by atoms with Gasteiger partial charge in [-0.2, -0.15) is 0 Å². The molecule has 5 nitrogen and oxygen atoms in total. The fourth-order valence-corrected chi connectivity index (χ4v) is 3.09. The third kappa shape index (κ3) is 2.78. The summed E-state index contributed by atoms with van der Waals surface area (Å²) in [7, 11) is 0. The van der Waals surface area contributed by atoms with E-state index >= 15 is 0 Å². The van der Waals surface area contributed by atoms with Gasteiger partial charge in [0.15, 0.2) is 0 Å². The molecule has 0 aliphatic heterocycles. The lowest BCUT2D eigenvalue weighted by Gasteiger charge is -2.06. The number of benzene rings is 1. The molecule has 0 unspecified atom stereocenters. The smallest absolute Gasteiger partial charge is 0.259 e. The van der Waals surface area contributed by atoms with Crippen molar-refractivity contribution in [3.05, 3.63) is 62.5 Å². The van der Waals surface area contributed by atoms with Crippen LogP contribution in [0.3, 0.4) is 0 Å². The summed E-state index contributed by atoms with van der Waals surface area (Å²) < 4.78 is 0. The Bertz CT molecular complexity index is 911. The van der Waals surface area contributed by atoms with E-state index in [0.717, 1.165) is 16.0 Å². The molecule has 0 aliphatic carbocycles. The lowest BCUT2D eigenvalue weighted by atomic mass is 10.1. The number of fused-ring (bicyclic) bond motifs is 1. The van der Waals surface area contributed by atoms with E-state index in [2.05, 4.69) is 15.3 Å². The van der Waals surface area contributed by atoms with Gasteiger partial charge in [0.25, 0.3) is 11.5 Å². The predicted molar refractivity (Wildman–Crippen MR) is 87.3 cm³/mol. The lowest BCUT2D eigenvalue weighted by Crippen LogP contribution is -2.22. The molecular weight excluding hydrogens is 298 g/mol. The summed E-state index contributed by atoms with van der Waals surface area (Å²) in [6.45, 7) is 4.38. The van der Waals surface area contributed by atoms with Crippen LogP contribution in [0.15, 0.2) is 35.4 Å². The topological polar surface area (TPSA) is 74.8 Å². The van der Waals surface area contributed by atoms with Crippen molar-refractivity contribution in [1.29, 1.82) is 0 Å². The van der Waals surface area contributed by atoms with Gasteiger partial charge < -0.3 is 10.3 Å². The number of rotatable bonds is 3. The standard InChI is InChI=1S/C16H15N3O2S/c1-9-3-4-11(5-10(9)2)14(20)17-7-12-6-13-15(21)18-8-19-16(13)22-12/h3-6,8H,7H2,1-2H3,(H,17,20)(H,18,19,21). The molecule has 1 amide bonds. The molecule has 2 N–H and O–H groups in total. The number of carbonyl (C=O) groups is 1. The highest BCUT2D eigenvalue weighted by Gasteiger charge is 2.09. The van der Waals surface area contributed by atoms with Crippen molar-refractivity contribution in [3.63, 3.8) is 0 Å². The number of carbonyl (C=O) groups excluding carboxylic acids is 1. The number of amides is 1. The molecule has 3 rings (SSSR count). The van der Waals surface area contributed by atoms with E-state index in [4.69, 9.17) is 0 Å². The molecule has 1 aromatic carbocycles. The lowest BCUT2D eigenvalue weighted by molar-refractivity contribution is 0.0951. The van der Waals surface area contributed by atoms with E-state index in [1.165, 1.54) is 17.7 Å². The molecule has 0 saturated heterocycles. The number of aryl methyl sites for hydroxylation is 2. The molecule has 0 aliphatic rings. The van der Waals surface area contributed by atoms with Crippen molar-refractivity contribution >= 4 is 27.5 Å². The van der Waals surface area contributed by atoms with Crippen LogP contribution in [0.2, 0.25) is 0 Å². The van der Waals surface area contributed by atoms with Gasteiger partial charge in [0.2, 0.25) is 0 Å². The van der Waals surface area contributed by atoms with Crippen LogP contribution in [0.5, 0.6) is 0 Å². The summed E-state index contributed by atoms with van der Waals surface area (Å²) in [5.74, 6) is -0.123. The Balaban J connectivity index is 1.75. The van der Waals surface area contributed by atoms with E-state index in [-0.39, 0.29) is 11.5 Å². The number of hydrogen-bond acceptors (Lipinski definition) is 4. The zero-order chi connectivity index (χ0) is 15.7. The Hall–Kier alpha value is -2.47. The molecule has 3 aromatic rings. The Morgan fingerprint density at radius 3 is 2.82 bits per heavy atom. The van der Waals surface area contributed by atoms with E-state index in [0.29, 0.717) is 22.3 Å². The summed E-state index contributed by atoms with van der Waals surface area (Å²) in [5.41, 5.74) is 2.73. The average Bonchev–Trinajstić information content (AvgIpc) is 2.92. The van der Waals surface area contributed by atoms with E-state index in [9.17, 15) is 9.59 Å². The summed E-state index contributed by atoms with van der Waals surface area (Å²) in [6, 6.07) is 7.40. The summed E-state index contributed by atoms with van der Waals surface area (Å²) in [4.78, 5) is 32.1. The zero-order valence-corrected chi connectivity index (χ0v) is 13.1. The van der Waals surface area contributed by atoms with E-state index in [1.807, 2.05) is 32.0 Å². The van der Waals surface area contributed by atoms with Crippen LogP contribution in [0.4, 0.5) is 0 Å². The molecule has 6 heteroatoms. The molecule has 0 bridgehead atoms. The maximum atomic E-state index is 12.2. The second-order valence-electron chi connectivity index (χ2n) is 5.14. The average molecular weight is 313 g/mol. The van der Waals surface area contributed by atoms with Crippen LogP contribution in [-0.2, 0) is 6.54 Å². The number of hydrogen-bond donors (Lipinski definition) is 2. The maximum absolute atomic E-state index is 12.2. The van der Waals surface area contributed by atoms with Crippen molar-refractivity contribution in [2.24, 2.45) is 0 Å². The molecule has 0 spiro atoms. The van der Waals surface area contributed by atoms with Crippen LogP contribution in [-0.4, -0.2) is 15.9 Å². The monoisotopic (exact) mass is 313 g/mol. The highest BCUT2D eigenvalue weighted by atomic mass is 32.1. The minimum atomic E-state index is -0.159. The minimum Gasteiger partial charge on any atom is -0.347 e. The maximum Gasteiger partial charge on any atom is 0.259 e. The summed E-state index contributed by atoms with van der Waals surface area (Å²) >= 11 is 1.41. The fourth-order valence-electron chi connectivity index (χ4n) is 2.16. The highest BCUT2D eigenvalue weighted by Crippen LogP contribution is 2.20. The minimum absolute atomic E-state index is 0.123. The first-order valence-corrected chi connectivity index (χ1v) is 7.68. The van der Waals surface area contributed by atoms with Gasteiger partial charge in [-0.1, -0.05) is 6.07 Å². The van der Waals surface area contributed by atoms with Crippen molar-refractivity contribution in [3.8, 4) is 0 Å². The molecule has 2 aromatic heterocycles. The molecule has 0 fully saturated rings. The Morgan fingerprint density at radius 1 is 1.27 bits per heavy atom. The molecule has 22 heavy (non-hydrogen) atoms. The second kappa shape index (κ2) is 5.73. The molecule has 0 radical (unpaired) electrons. The molecule has 0 saturated carbocycles. The molecule has 2 heterocycles. The van der Waals surface area contributed by atoms with E-state index in [1.54, 1.807) is 6.07 Å². The van der Waals surface area contributed by atoms with Gasteiger partial charge in [-0.15, -0.1) is 11.3 Å². The van der Waals surface area contributed by atoms with Crippen LogP contribution < -0.4 is 10.9 Å². The van der Waals surface area contributed by atoms with Crippen molar-refractivity contribution in [2.75, 3.05) is 0 Å². The number of H-pyrrole nitrogens is 1. The summed E-state index contributed by atoms with van der Waals surface area (Å²) in [5, 5.41) is 3.43. The Labute approximate surface area is 131 Å². The number of nitrogens with one attached hydrogen (secondary N) is 2. The first kappa shape index (κ1) is 14.5. The molecular formula is C16H15N3O2S. The third-order valence-corrected chi connectivity index (χ3v) is 4.62. The van der Waals surface area contributed by atoms with Crippen LogP contribution in [0.25, 0.3) is 10.2 Å². The zero-order valence-electron chi connectivity index (χ0n) is 12.3. The van der Waals surface area contributed by atoms with Crippen molar-refractivity contribution < 1.29 is 4.79 Å². The molecule has 112 valence electrons. The van der Waals surface area contributed by atoms with Crippen molar-refractivity contribution in [1.82, 2.24) is 15.3 Å². The number of thiophene rings is 1. The third-order valence-electron chi connectivity index (χ3n) is 3.58. The Kier molecular flexibility index (Phi) is 3.77. The SMILES string of the molecule is Cc1ccc(C(=O)NCc2cc3c(=O)[nH]cnc3s2)cc1C. The van der Waals surface area contributed by atoms with Gasteiger partial charge in [-0.25, -0.2) is 4.98 Å². The second-order valence-corrected chi connectivity index (χ2v) is 6.26. The number of aromatic nitrogens is 2. The van der Waals surface area contributed by atoms with Gasteiger partial charge >= 0.3 is 0 Å². The van der Waals surface area contributed by atoms with E-state index < -0.39 is 0 Å². The van der Waals surface area contributed by atoms with Gasteiger partial charge in [0.05, 0.1) is 18.3 Å². The molecule has 0 atom stereocenters. The summed E-state index contributed by atoms with van der Waals surface area (Å²) in [6.07, 6.45) is 1.39. The van der Waals surface area contributed by atoms with Gasteiger partial charge in [-0.05, 0) is 43.2 Å². The highest BCUT2D eigenvalue weighted by molar-refractivity contribution is 7.18. The van der Waals surface area contributed by atoms with Crippen molar-refractivity contribution in [2.45, 2.75) is 20.4 Å². The first-order valence-electron chi connectivity index (χ1n) is 6.86. The van der Waals surface area contributed by atoms with Crippen LogP contribution >= 0.6 is 11.3 Å². The largest absolute Gasteiger partial charge is 0.347 e. The Morgan fingerprint density at radius 2 is 2.09 bits per heavy atom. The van der Waals surface area contributed by atoms with Crippen LogP contribution in [0, 0.1) is 13.8 Å². The van der Waals surface area contributed by atoms with Crippen LogP contribution in [0.1, 0.15) is 26.4 Å². The van der Waals surface area contributed by atoms with Gasteiger partial charge in [0.1, 0.15) is 4.83 Å². The van der Waals surface area contributed by atoms with Gasteiger partial charge in [0, 0.05) is 10.4 Å². The quantitative estimate of drug-likeness (QED) is 0.780. The fraction of sp³-hybridized carbons (Fsp3) is 0.188. The number of nitrogens with zero attached hydrogens (tertiary/aromatic N) is 1.